The molecular formula is C18H15NO5Y. The van der Waals surface area contributed by atoms with Crippen LogP contribution in [0, 0.1) is 6.92 Å². The molecule has 25 heavy (non-hydrogen) atoms. The van der Waals surface area contributed by atoms with Crippen LogP contribution in [0.4, 0.5) is 0 Å². The third-order valence-electron chi connectivity index (χ3n) is 3.69. The Morgan fingerprint density at radius 2 is 1.80 bits per heavy atom. The molecule has 0 saturated heterocycles. The molecule has 0 bridgehead atoms. The number of amides is 1. The van der Waals surface area contributed by atoms with Crippen LogP contribution in [0.15, 0.2) is 51.7 Å². The van der Waals surface area contributed by atoms with Crippen molar-refractivity contribution in [1.82, 2.24) is 5.32 Å². The van der Waals surface area contributed by atoms with Gasteiger partial charge in [-0.05, 0) is 24.6 Å². The summed E-state index contributed by atoms with van der Waals surface area (Å²) in [5.41, 5.74) is 1.27. The number of hydrogen-bond acceptors (Lipinski definition) is 5. The monoisotopic (exact) mass is 414 g/mol. The molecule has 2 aromatic carbocycles. The van der Waals surface area contributed by atoms with E-state index < -0.39 is 17.3 Å². The van der Waals surface area contributed by atoms with Crippen molar-refractivity contribution in [2.75, 3.05) is 0 Å². The molecule has 1 radical (unpaired) electrons. The van der Waals surface area contributed by atoms with E-state index in [0.717, 1.165) is 17.2 Å². The molecule has 125 valence electrons. The van der Waals surface area contributed by atoms with E-state index in [9.17, 15) is 19.8 Å². The van der Waals surface area contributed by atoms with E-state index in [0.29, 0.717) is 6.54 Å². The summed E-state index contributed by atoms with van der Waals surface area (Å²) in [6.45, 7) is 2.29. The Kier molecular flexibility index (Phi) is 5.98. The number of aryl methyl sites for hydroxylation is 1. The normalized spacial score (nSPS) is 10.3. The Bertz CT molecular complexity index is 979. The van der Waals surface area contributed by atoms with Gasteiger partial charge in [0.15, 0.2) is 0 Å². The van der Waals surface area contributed by atoms with E-state index in [1.807, 2.05) is 31.2 Å². The molecule has 0 aliphatic rings. The number of fused-ring (bicyclic) bond motifs is 1. The Morgan fingerprint density at radius 1 is 1.12 bits per heavy atom. The number of carbonyl (C=O) groups is 1. The molecule has 0 unspecified atom stereocenters. The minimum Gasteiger partial charge on any atom is -0.506 e. The average molecular weight is 414 g/mol. The summed E-state index contributed by atoms with van der Waals surface area (Å²) in [5.74, 6) is -1.45. The molecule has 1 heterocycles. The molecule has 1 amide bonds. The van der Waals surface area contributed by atoms with Gasteiger partial charge in [0.25, 0.3) is 5.91 Å². The Hall–Kier alpha value is -2.18. The SMILES string of the molecule is Cc1ccc(CNC(=O)c2ccc3oc(=O)c(O)cc3c2O)cc1.[Y]. The van der Waals surface area contributed by atoms with Crippen LogP contribution in [0.2, 0.25) is 0 Å². The van der Waals surface area contributed by atoms with Gasteiger partial charge in [-0.3, -0.25) is 4.79 Å². The van der Waals surface area contributed by atoms with Gasteiger partial charge in [-0.2, -0.15) is 0 Å². The predicted molar refractivity (Wildman–Crippen MR) is 88.2 cm³/mol. The van der Waals surface area contributed by atoms with Gasteiger partial charge < -0.3 is 19.9 Å². The van der Waals surface area contributed by atoms with Crippen molar-refractivity contribution in [3.8, 4) is 11.5 Å². The molecule has 0 aliphatic carbocycles. The van der Waals surface area contributed by atoms with Gasteiger partial charge in [0.1, 0.15) is 11.3 Å². The summed E-state index contributed by atoms with van der Waals surface area (Å²) in [7, 11) is 0. The molecule has 6 nitrogen and oxygen atoms in total. The third-order valence-corrected chi connectivity index (χ3v) is 3.69. The quantitative estimate of drug-likeness (QED) is 0.572. The number of rotatable bonds is 3. The summed E-state index contributed by atoms with van der Waals surface area (Å²) in [4.78, 5) is 23.5. The second-order valence-corrected chi connectivity index (χ2v) is 5.46. The molecule has 0 atom stereocenters. The van der Waals surface area contributed by atoms with Gasteiger partial charge in [0.05, 0.1) is 10.9 Å². The zero-order valence-corrected chi connectivity index (χ0v) is 16.3. The van der Waals surface area contributed by atoms with Crippen molar-refractivity contribution in [2.45, 2.75) is 13.5 Å². The topological polar surface area (TPSA) is 99.8 Å². The number of benzene rings is 2. The second-order valence-electron chi connectivity index (χ2n) is 5.46. The van der Waals surface area contributed by atoms with Crippen LogP contribution < -0.4 is 10.9 Å². The third kappa shape index (κ3) is 4.08. The van der Waals surface area contributed by atoms with Crippen LogP contribution >= 0.6 is 0 Å². The largest absolute Gasteiger partial charge is 0.506 e. The van der Waals surface area contributed by atoms with Crippen molar-refractivity contribution in [3.05, 3.63) is 69.6 Å². The average Bonchev–Trinajstić information content (AvgIpc) is 2.56. The van der Waals surface area contributed by atoms with E-state index in [1.165, 1.54) is 12.1 Å². The summed E-state index contributed by atoms with van der Waals surface area (Å²) < 4.78 is 4.85. The molecule has 3 aromatic rings. The summed E-state index contributed by atoms with van der Waals surface area (Å²) in [6.07, 6.45) is 0. The smallest absolute Gasteiger partial charge is 0.378 e. The minimum absolute atomic E-state index is 0. The molecule has 0 saturated carbocycles. The number of phenolic OH excluding ortho intramolecular Hbond substituents is 1. The van der Waals surface area contributed by atoms with Gasteiger partial charge in [0, 0.05) is 45.3 Å². The van der Waals surface area contributed by atoms with E-state index in [1.54, 1.807) is 0 Å². The molecule has 0 spiro atoms. The molecule has 3 N–H and O–H groups in total. The summed E-state index contributed by atoms with van der Waals surface area (Å²) in [5, 5.41) is 22.5. The maximum Gasteiger partial charge on any atom is 0.378 e. The Labute approximate surface area is 168 Å². The van der Waals surface area contributed by atoms with E-state index in [4.69, 9.17) is 4.42 Å². The predicted octanol–water partition coefficient (Wildman–Crippen LogP) is 2.44. The first-order valence-electron chi connectivity index (χ1n) is 7.28. The van der Waals surface area contributed by atoms with Crippen LogP contribution in [-0.4, -0.2) is 16.1 Å². The standard InChI is InChI=1S/C18H15NO5.Y/c1-10-2-4-11(5-3-10)9-19-17(22)12-6-7-15-13(16(12)21)8-14(20)18(23)24-15;/h2-8,20-21H,9H2,1H3,(H,19,22);. The first kappa shape index (κ1) is 19.2. The maximum atomic E-state index is 12.3. The molecular weight excluding hydrogens is 399 g/mol. The first-order chi connectivity index (χ1) is 11.5. The zero-order valence-electron chi connectivity index (χ0n) is 13.4. The van der Waals surface area contributed by atoms with Crippen LogP contribution in [0.25, 0.3) is 11.0 Å². The second kappa shape index (κ2) is 7.80. The molecule has 0 aliphatic heterocycles. The summed E-state index contributed by atoms with van der Waals surface area (Å²) in [6, 6.07) is 11.5. The Balaban J connectivity index is 0.00000225. The van der Waals surface area contributed by atoms with E-state index >= 15 is 0 Å². The Morgan fingerprint density at radius 3 is 2.48 bits per heavy atom. The number of hydrogen-bond donors (Lipinski definition) is 3. The van der Waals surface area contributed by atoms with Gasteiger partial charge in [-0.1, -0.05) is 29.8 Å². The molecule has 0 fully saturated rings. The van der Waals surface area contributed by atoms with Gasteiger partial charge >= 0.3 is 5.63 Å². The summed E-state index contributed by atoms with van der Waals surface area (Å²) >= 11 is 0. The van der Waals surface area contributed by atoms with Crippen molar-refractivity contribution < 1.29 is 52.1 Å². The van der Waals surface area contributed by atoms with Gasteiger partial charge in [-0.25, -0.2) is 4.79 Å². The molecule has 1 aromatic heterocycles. The van der Waals surface area contributed by atoms with Crippen molar-refractivity contribution in [1.29, 1.82) is 0 Å². The van der Waals surface area contributed by atoms with Crippen molar-refractivity contribution in [3.63, 3.8) is 0 Å². The van der Waals surface area contributed by atoms with Gasteiger partial charge in [-0.15, -0.1) is 0 Å². The van der Waals surface area contributed by atoms with Crippen LogP contribution in [-0.2, 0) is 39.3 Å². The van der Waals surface area contributed by atoms with Crippen LogP contribution in [0.3, 0.4) is 0 Å². The fourth-order valence-corrected chi connectivity index (χ4v) is 2.33. The fourth-order valence-electron chi connectivity index (χ4n) is 2.33. The van der Waals surface area contributed by atoms with E-state index in [2.05, 4.69) is 5.32 Å². The fraction of sp³-hybridized carbons (Fsp3) is 0.111. The number of carbonyl (C=O) groups excluding carboxylic acids is 1. The number of aromatic hydroxyl groups is 2. The first-order valence-corrected chi connectivity index (χ1v) is 7.28. The molecule has 3 rings (SSSR count). The van der Waals surface area contributed by atoms with Crippen LogP contribution in [0.1, 0.15) is 21.5 Å². The van der Waals surface area contributed by atoms with Crippen LogP contribution in [0.5, 0.6) is 11.5 Å². The maximum absolute atomic E-state index is 12.3. The number of phenols is 1. The van der Waals surface area contributed by atoms with E-state index in [-0.39, 0.29) is 55.0 Å². The van der Waals surface area contributed by atoms with Gasteiger partial charge in [0.2, 0.25) is 5.75 Å². The minimum atomic E-state index is -0.904. The van der Waals surface area contributed by atoms with Crippen molar-refractivity contribution in [2.24, 2.45) is 0 Å². The van der Waals surface area contributed by atoms with Crippen molar-refractivity contribution >= 4 is 16.9 Å². The molecule has 7 heteroatoms. The zero-order chi connectivity index (χ0) is 17.3. The number of nitrogens with one attached hydrogen (secondary N) is 1.